The quantitative estimate of drug-likeness (QED) is 0.783. The van der Waals surface area contributed by atoms with E-state index in [0.717, 1.165) is 10.0 Å². The van der Waals surface area contributed by atoms with Crippen LogP contribution in [0.2, 0.25) is 0 Å². The zero-order valence-electron chi connectivity index (χ0n) is 9.37. The van der Waals surface area contributed by atoms with Crippen molar-refractivity contribution in [1.82, 2.24) is 10.6 Å². The summed E-state index contributed by atoms with van der Waals surface area (Å²) in [5, 5.41) is 14.0. The second kappa shape index (κ2) is 7.82. The SMILES string of the molecule is N#CCCNC(=O)CNCc1cccc(Br)c1. The van der Waals surface area contributed by atoms with Crippen LogP contribution in [0, 0.1) is 11.3 Å². The molecule has 1 aromatic carbocycles. The zero-order valence-corrected chi connectivity index (χ0v) is 11.0. The van der Waals surface area contributed by atoms with Crippen molar-refractivity contribution >= 4 is 21.8 Å². The van der Waals surface area contributed by atoms with Gasteiger partial charge in [0, 0.05) is 17.6 Å². The van der Waals surface area contributed by atoms with Gasteiger partial charge in [0.2, 0.25) is 5.91 Å². The Morgan fingerprint density at radius 2 is 2.29 bits per heavy atom. The van der Waals surface area contributed by atoms with Crippen LogP contribution in [0.5, 0.6) is 0 Å². The lowest BCUT2D eigenvalue weighted by Gasteiger charge is -2.05. The van der Waals surface area contributed by atoms with Gasteiger partial charge in [-0.2, -0.15) is 5.26 Å². The van der Waals surface area contributed by atoms with Crippen LogP contribution in [-0.4, -0.2) is 19.0 Å². The Balaban J connectivity index is 2.19. The number of nitrogens with one attached hydrogen (secondary N) is 2. The van der Waals surface area contributed by atoms with Crippen molar-refractivity contribution in [3.8, 4) is 6.07 Å². The smallest absolute Gasteiger partial charge is 0.234 e. The van der Waals surface area contributed by atoms with E-state index in [-0.39, 0.29) is 12.5 Å². The normalized spacial score (nSPS) is 9.65. The Kier molecular flexibility index (Phi) is 6.30. The van der Waals surface area contributed by atoms with Gasteiger partial charge in [0.1, 0.15) is 0 Å². The molecule has 4 nitrogen and oxygen atoms in total. The van der Waals surface area contributed by atoms with Crippen molar-refractivity contribution in [2.24, 2.45) is 0 Å². The Morgan fingerprint density at radius 1 is 1.47 bits per heavy atom. The minimum atomic E-state index is -0.0877. The van der Waals surface area contributed by atoms with Crippen molar-refractivity contribution in [2.45, 2.75) is 13.0 Å². The van der Waals surface area contributed by atoms with Gasteiger partial charge >= 0.3 is 0 Å². The van der Waals surface area contributed by atoms with Gasteiger partial charge < -0.3 is 10.6 Å². The summed E-state index contributed by atoms with van der Waals surface area (Å²) in [7, 11) is 0. The molecule has 0 atom stereocenters. The Bertz CT molecular complexity index is 414. The van der Waals surface area contributed by atoms with Gasteiger partial charge in [-0.05, 0) is 17.7 Å². The molecule has 0 aliphatic rings. The number of hydrogen-bond acceptors (Lipinski definition) is 3. The number of benzene rings is 1. The first-order valence-electron chi connectivity index (χ1n) is 5.31. The minimum absolute atomic E-state index is 0.0877. The highest BCUT2D eigenvalue weighted by atomic mass is 79.9. The van der Waals surface area contributed by atoms with E-state index in [4.69, 9.17) is 5.26 Å². The molecule has 0 bridgehead atoms. The molecule has 1 rings (SSSR count). The fourth-order valence-electron chi connectivity index (χ4n) is 1.29. The number of nitriles is 1. The summed E-state index contributed by atoms with van der Waals surface area (Å²) in [6, 6.07) is 9.87. The van der Waals surface area contributed by atoms with Gasteiger partial charge in [0.15, 0.2) is 0 Å². The van der Waals surface area contributed by atoms with Crippen LogP contribution in [0.3, 0.4) is 0 Å². The average Bonchev–Trinajstić information content (AvgIpc) is 2.29. The number of carbonyl (C=O) groups is 1. The summed E-state index contributed by atoms with van der Waals surface area (Å²) in [6.07, 6.45) is 0.345. The van der Waals surface area contributed by atoms with E-state index in [0.29, 0.717) is 19.5 Å². The lowest BCUT2D eigenvalue weighted by molar-refractivity contribution is -0.120. The van der Waals surface area contributed by atoms with Gasteiger partial charge in [-0.15, -0.1) is 0 Å². The maximum absolute atomic E-state index is 11.3. The fraction of sp³-hybridized carbons (Fsp3) is 0.333. The molecular formula is C12H14BrN3O. The highest BCUT2D eigenvalue weighted by Crippen LogP contribution is 2.10. The lowest BCUT2D eigenvalue weighted by atomic mass is 10.2. The predicted molar refractivity (Wildman–Crippen MR) is 69.1 cm³/mol. The van der Waals surface area contributed by atoms with Crippen molar-refractivity contribution in [2.75, 3.05) is 13.1 Å². The number of nitrogens with zero attached hydrogens (tertiary/aromatic N) is 1. The lowest BCUT2D eigenvalue weighted by Crippen LogP contribution is -2.34. The molecule has 0 fully saturated rings. The molecule has 17 heavy (non-hydrogen) atoms. The number of halogens is 1. The van der Waals surface area contributed by atoms with E-state index in [1.807, 2.05) is 30.3 Å². The van der Waals surface area contributed by atoms with Gasteiger partial charge in [0.25, 0.3) is 0 Å². The van der Waals surface area contributed by atoms with Crippen molar-refractivity contribution in [1.29, 1.82) is 5.26 Å². The molecule has 0 unspecified atom stereocenters. The maximum Gasteiger partial charge on any atom is 0.234 e. The first kappa shape index (κ1) is 13.7. The number of hydrogen-bond donors (Lipinski definition) is 2. The molecule has 1 aromatic rings. The summed E-state index contributed by atoms with van der Waals surface area (Å²) < 4.78 is 1.02. The summed E-state index contributed by atoms with van der Waals surface area (Å²) in [5.74, 6) is -0.0877. The van der Waals surface area contributed by atoms with Crippen LogP contribution in [0.4, 0.5) is 0 Å². The molecular weight excluding hydrogens is 282 g/mol. The molecule has 0 aliphatic carbocycles. The van der Waals surface area contributed by atoms with Gasteiger partial charge in [-0.25, -0.2) is 0 Å². The monoisotopic (exact) mass is 295 g/mol. The van der Waals surface area contributed by atoms with E-state index < -0.39 is 0 Å². The second-order valence-electron chi connectivity index (χ2n) is 3.49. The van der Waals surface area contributed by atoms with Crippen LogP contribution < -0.4 is 10.6 Å². The third-order valence-electron chi connectivity index (χ3n) is 2.06. The van der Waals surface area contributed by atoms with Crippen LogP contribution in [0.1, 0.15) is 12.0 Å². The maximum atomic E-state index is 11.3. The second-order valence-corrected chi connectivity index (χ2v) is 4.41. The van der Waals surface area contributed by atoms with Gasteiger partial charge in [-0.1, -0.05) is 28.1 Å². The molecule has 0 saturated carbocycles. The van der Waals surface area contributed by atoms with Crippen LogP contribution in [0.25, 0.3) is 0 Å². The third kappa shape index (κ3) is 6.05. The van der Waals surface area contributed by atoms with Crippen LogP contribution in [-0.2, 0) is 11.3 Å². The molecule has 0 radical (unpaired) electrons. The average molecular weight is 296 g/mol. The molecule has 90 valence electrons. The summed E-state index contributed by atoms with van der Waals surface area (Å²) >= 11 is 3.39. The van der Waals surface area contributed by atoms with E-state index in [1.165, 1.54) is 0 Å². The number of rotatable bonds is 6. The molecule has 0 aliphatic heterocycles. The van der Waals surface area contributed by atoms with Crippen LogP contribution >= 0.6 is 15.9 Å². The summed E-state index contributed by atoms with van der Waals surface area (Å²) in [5.41, 5.74) is 1.11. The van der Waals surface area contributed by atoms with Crippen molar-refractivity contribution in [3.05, 3.63) is 34.3 Å². The molecule has 0 saturated heterocycles. The zero-order chi connectivity index (χ0) is 12.5. The molecule has 0 heterocycles. The van der Waals surface area contributed by atoms with Crippen molar-refractivity contribution < 1.29 is 4.79 Å². The summed E-state index contributed by atoms with van der Waals surface area (Å²) in [4.78, 5) is 11.3. The first-order chi connectivity index (χ1) is 8.22. The molecule has 1 amide bonds. The highest BCUT2D eigenvalue weighted by molar-refractivity contribution is 9.10. The first-order valence-corrected chi connectivity index (χ1v) is 6.10. The summed E-state index contributed by atoms with van der Waals surface area (Å²) in [6.45, 7) is 1.32. The van der Waals surface area contributed by atoms with Crippen LogP contribution in [0.15, 0.2) is 28.7 Å². The van der Waals surface area contributed by atoms with Gasteiger partial charge in [-0.3, -0.25) is 4.79 Å². The van der Waals surface area contributed by atoms with Gasteiger partial charge in [0.05, 0.1) is 19.0 Å². The third-order valence-corrected chi connectivity index (χ3v) is 2.56. The largest absolute Gasteiger partial charge is 0.354 e. The molecule has 2 N–H and O–H groups in total. The van der Waals surface area contributed by atoms with Crippen molar-refractivity contribution in [3.63, 3.8) is 0 Å². The fourth-order valence-corrected chi connectivity index (χ4v) is 1.73. The Hall–Kier alpha value is -1.38. The Labute approximate surface area is 109 Å². The number of amides is 1. The molecule has 0 spiro atoms. The molecule has 0 aromatic heterocycles. The van der Waals surface area contributed by atoms with E-state index in [9.17, 15) is 4.79 Å². The topological polar surface area (TPSA) is 64.9 Å². The standard InChI is InChI=1S/C12H14BrN3O/c13-11-4-1-3-10(7-11)8-15-9-12(17)16-6-2-5-14/h1,3-4,7,15H,2,6,8-9H2,(H,16,17). The highest BCUT2D eigenvalue weighted by Gasteiger charge is 1.99. The Morgan fingerprint density at radius 3 is 3.00 bits per heavy atom. The minimum Gasteiger partial charge on any atom is -0.354 e. The predicted octanol–water partition coefficient (Wildman–Crippen LogP) is 1.57. The van der Waals surface area contributed by atoms with E-state index >= 15 is 0 Å². The number of carbonyl (C=O) groups excluding carboxylic acids is 1. The molecule has 5 heteroatoms. The van der Waals surface area contributed by atoms with E-state index in [1.54, 1.807) is 0 Å². The van der Waals surface area contributed by atoms with E-state index in [2.05, 4.69) is 26.6 Å².